The van der Waals surface area contributed by atoms with Crippen LogP contribution in [0.5, 0.6) is 17.2 Å². The molecule has 0 fully saturated rings. The van der Waals surface area contributed by atoms with Gasteiger partial charge in [0.05, 0.1) is 12.2 Å². The summed E-state index contributed by atoms with van der Waals surface area (Å²) in [5, 5.41) is 17.4. The van der Waals surface area contributed by atoms with Gasteiger partial charge in [-0.15, -0.1) is 0 Å². The topological polar surface area (TPSA) is 94.8 Å². The quantitative estimate of drug-likeness (QED) is 0.578. The van der Waals surface area contributed by atoms with Crippen molar-refractivity contribution in [1.82, 2.24) is 15.1 Å². The SMILES string of the molecule is Cc1cc(C)n(Cc2cccc(C(=O)NCC(O)COc3ccc4c(c3)OCO4)c2)n1. The molecule has 4 rings (SSSR count). The summed E-state index contributed by atoms with van der Waals surface area (Å²) in [6.07, 6.45) is -0.854. The minimum atomic E-state index is -0.854. The normalized spacial score (nSPS) is 13.1. The molecule has 2 aromatic carbocycles. The first-order chi connectivity index (χ1) is 15.0. The van der Waals surface area contributed by atoms with Crippen molar-refractivity contribution >= 4 is 5.91 Å². The summed E-state index contributed by atoms with van der Waals surface area (Å²) >= 11 is 0. The molecular weight excluding hydrogens is 398 g/mol. The minimum Gasteiger partial charge on any atom is -0.491 e. The summed E-state index contributed by atoms with van der Waals surface area (Å²) in [5.41, 5.74) is 3.54. The number of aliphatic hydroxyl groups is 1. The molecular formula is C23H25N3O5. The smallest absolute Gasteiger partial charge is 0.251 e. The monoisotopic (exact) mass is 423 g/mol. The second-order valence-electron chi connectivity index (χ2n) is 7.48. The standard InChI is InChI=1S/C23H25N3O5/c1-15-8-16(2)26(25-15)12-17-4-3-5-18(9-17)23(28)24-11-19(27)13-29-20-6-7-21-22(10-20)31-14-30-21/h3-10,19,27H,11-14H2,1-2H3,(H,24,28). The summed E-state index contributed by atoms with van der Waals surface area (Å²) in [6.45, 7) is 4.85. The van der Waals surface area contributed by atoms with Crippen molar-refractivity contribution < 1.29 is 24.1 Å². The highest BCUT2D eigenvalue weighted by Crippen LogP contribution is 2.35. The number of hydrogen-bond donors (Lipinski definition) is 2. The van der Waals surface area contributed by atoms with Crippen LogP contribution in [0.3, 0.4) is 0 Å². The molecule has 1 atom stereocenters. The molecule has 0 radical (unpaired) electrons. The maximum absolute atomic E-state index is 12.5. The molecule has 162 valence electrons. The molecule has 1 aromatic heterocycles. The van der Waals surface area contributed by atoms with Crippen molar-refractivity contribution in [3.8, 4) is 17.2 Å². The fourth-order valence-electron chi connectivity index (χ4n) is 3.35. The Bertz CT molecular complexity index is 1080. The van der Waals surface area contributed by atoms with E-state index in [1.54, 1.807) is 24.3 Å². The van der Waals surface area contributed by atoms with Gasteiger partial charge in [-0.2, -0.15) is 5.10 Å². The molecule has 1 unspecified atom stereocenters. The van der Waals surface area contributed by atoms with E-state index in [9.17, 15) is 9.90 Å². The number of nitrogens with zero attached hydrogens (tertiary/aromatic N) is 2. The number of fused-ring (bicyclic) bond motifs is 1. The lowest BCUT2D eigenvalue weighted by atomic mass is 10.1. The van der Waals surface area contributed by atoms with Crippen LogP contribution in [0.15, 0.2) is 48.5 Å². The molecule has 1 amide bonds. The fraction of sp³-hybridized carbons (Fsp3) is 0.304. The van der Waals surface area contributed by atoms with Crippen molar-refractivity contribution in [3.63, 3.8) is 0 Å². The Morgan fingerprint density at radius 1 is 1.19 bits per heavy atom. The Hall–Kier alpha value is -3.52. The van der Waals surface area contributed by atoms with Gasteiger partial charge >= 0.3 is 0 Å². The van der Waals surface area contributed by atoms with Crippen molar-refractivity contribution in [2.24, 2.45) is 0 Å². The van der Waals surface area contributed by atoms with E-state index < -0.39 is 6.10 Å². The molecule has 8 nitrogen and oxygen atoms in total. The van der Waals surface area contributed by atoms with Gasteiger partial charge in [0, 0.05) is 23.9 Å². The van der Waals surface area contributed by atoms with Gasteiger partial charge in [0.25, 0.3) is 5.91 Å². The lowest BCUT2D eigenvalue weighted by Gasteiger charge is -2.14. The van der Waals surface area contributed by atoms with Gasteiger partial charge in [-0.25, -0.2) is 0 Å². The van der Waals surface area contributed by atoms with Crippen LogP contribution in [-0.2, 0) is 6.54 Å². The zero-order valence-corrected chi connectivity index (χ0v) is 17.5. The number of carbonyl (C=O) groups is 1. The molecule has 2 N–H and O–H groups in total. The van der Waals surface area contributed by atoms with E-state index in [1.807, 2.05) is 42.8 Å². The summed E-state index contributed by atoms with van der Waals surface area (Å²) in [5.74, 6) is 1.59. The summed E-state index contributed by atoms with van der Waals surface area (Å²) in [7, 11) is 0. The van der Waals surface area contributed by atoms with Gasteiger partial charge in [0.2, 0.25) is 6.79 Å². The van der Waals surface area contributed by atoms with Crippen LogP contribution in [0.1, 0.15) is 27.3 Å². The Morgan fingerprint density at radius 3 is 2.84 bits per heavy atom. The molecule has 0 aliphatic carbocycles. The molecule has 0 saturated heterocycles. The van der Waals surface area contributed by atoms with E-state index >= 15 is 0 Å². The summed E-state index contributed by atoms with van der Waals surface area (Å²) in [6, 6.07) is 14.6. The number of aromatic nitrogens is 2. The number of aliphatic hydroxyl groups excluding tert-OH is 1. The summed E-state index contributed by atoms with van der Waals surface area (Å²) < 4.78 is 18.0. The zero-order chi connectivity index (χ0) is 21.8. The lowest BCUT2D eigenvalue weighted by molar-refractivity contribution is 0.0843. The molecule has 8 heteroatoms. The van der Waals surface area contributed by atoms with Crippen molar-refractivity contribution in [2.75, 3.05) is 19.9 Å². The fourth-order valence-corrected chi connectivity index (χ4v) is 3.35. The van der Waals surface area contributed by atoms with E-state index in [0.29, 0.717) is 29.4 Å². The third-order valence-corrected chi connectivity index (χ3v) is 4.91. The van der Waals surface area contributed by atoms with Crippen LogP contribution in [-0.4, -0.2) is 46.8 Å². The van der Waals surface area contributed by atoms with Crippen LogP contribution in [0.4, 0.5) is 0 Å². The van der Waals surface area contributed by atoms with Gasteiger partial charge in [0.1, 0.15) is 18.5 Å². The minimum absolute atomic E-state index is 0.0396. The maximum Gasteiger partial charge on any atom is 0.251 e. The number of aryl methyl sites for hydroxylation is 2. The first-order valence-electron chi connectivity index (χ1n) is 10.1. The molecule has 0 saturated carbocycles. The summed E-state index contributed by atoms with van der Waals surface area (Å²) in [4.78, 5) is 12.5. The highest BCUT2D eigenvalue weighted by Gasteiger charge is 2.15. The van der Waals surface area contributed by atoms with Crippen molar-refractivity contribution in [2.45, 2.75) is 26.5 Å². The largest absolute Gasteiger partial charge is 0.491 e. The van der Waals surface area contributed by atoms with Gasteiger partial charge < -0.3 is 24.6 Å². The predicted molar refractivity (Wildman–Crippen MR) is 114 cm³/mol. The van der Waals surface area contributed by atoms with Gasteiger partial charge in [-0.3, -0.25) is 9.48 Å². The highest BCUT2D eigenvalue weighted by atomic mass is 16.7. The van der Waals surface area contributed by atoms with Crippen LogP contribution in [0, 0.1) is 13.8 Å². The van der Waals surface area contributed by atoms with Crippen LogP contribution in [0.2, 0.25) is 0 Å². The Kier molecular flexibility index (Phi) is 6.08. The molecule has 0 bridgehead atoms. The van der Waals surface area contributed by atoms with Crippen LogP contribution >= 0.6 is 0 Å². The Balaban J connectivity index is 1.27. The van der Waals surface area contributed by atoms with E-state index in [1.165, 1.54) is 0 Å². The number of amides is 1. The lowest BCUT2D eigenvalue weighted by Crippen LogP contribution is -2.35. The Morgan fingerprint density at radius 2 is 2.03 bits per heavy atom. The molecule has 1 aliphatic heterocycles. The molecule has 0 spiro atoms. The first kappa shape index (κ1) is 20.7. The number of carbonyl (C=O) groups excluding carboxylic acids is 1. The maximum atomic E-state index is 12.5. The number of hydrogen-bond acceptors (Lipinski definition) is 6. The predicted octanol–water partition coefficient (Wildman–Crippen LogP) is 2.45. The van der Waals surface area contributed by atoms with E-state index in [2.05, 4.69) is 10.4 Å². The number of nitrogens with one attached hydrogen (secondary N) is 1. The number of benzene rings is 2. The highest BCUT2D eigenvalue weighted by molar-refractivity contribution is 5.94. The van der Waals surface area contributed by atoms with E-state index in [0.717, 1.165) is 17.0 Å². The average Bonchev–Trinajstić information content (AvgIpc) is 3.35. The van der Waals surface area contributed by atoms with Gasteiger partial charge in [-0.05, 0) is 49.7 Å². The van der Waals surface area contributed by atoms with Crippen LogP contribution in [0.25, 0.3) is 0 Å². The molecule has 3 aromatic rings. The zero-order valence-electron chi connectivity index (χ0n) is 17.5. The second-order valence-corrected chi connectivity index (χ2v) is 7.48. The van der Waals surface area contributed by atoms with Gasteiger partial charge in [-0.1, -0.05) is 12.1 Å². The van der Waals surface area contributed by atoms with E-state index in [-0.39, 0.29) is 25.9 Å². The van der Waals surface area contributed by atoms with Crippen molar-refractivity contribution in [3.05, 3.63) is 71.0 Å². The average molecular weight is 423 g/mol. The third kappa shape index (κ3) is 5.16. The van der Waals surface area contributed by atoms with E-state index in [4.69, 9.17) is 14.2 Å². The van der Waals surface area contributed by atoms with Crippen LogP contribution < -0.4 is 19.5 Å². The second kappa shape index (κ2) is 9.09. The van der Waals surface area contributed by atoms with Crippen molar-refractivity contribution in [1.29, 1.82) is 0 Å². The van der Waals surface area contributed by atoms with Gasteiger partial charge in [0.15, 0.2) is 11.5 Å². The molecule has 1 aliphatic rings. The number of rotatable bonds is 8. The Labute approximate surface area is 180 Å². The first-order valence-corrected chi connectivity index (χ1v) is 10.1. The molecule has 2 heterocycles. The third-order valence-electron chi connectivity index (χ3n) is 4.91. The number of ether oxygens (including phenoxy) is 3. The molecule has 31 heavy (non-hydrogen) atoms.